The number of ether oxygens (including phenoxy) is 1. The van der Waals surface area contributed by atoms with Crippen LogP contribution < -0.4 is 0 Å². The van der Waals surface area contributed by atoms with E-state index < -0.39 is 21.7 Å². The molecule has 1 aromatic rings. The first-order valence-corrected chi connectivity index (χ1v) is 5.91. The maximum atomic E-state index is 11.6. The van der Waals surface area contributed by atoms with E-state index in [0.717, 1.165) is 11.4 Å². The fourth-order valence-corrected chi connectivity index (χ4v) is 1.89. The number of esters is 1. The van der Waals surface area contributed by atoms with Gasteiger partial charge in [-0.2, -0.15) is 9.40 Å². The molecule has 0 aliphatic rings. The maximum absolute atomic E-state index is 11.6. The molecule has 0 aliphatic carbocycles. The summed E-state index contributed by atoms with van der Waals surface area (Å²) in [6.45, 7) is 0.0271. The van der Waals surface area contributed by atoms with Crippen LogP contribution in [0.3, 0.4) is 0 Å². The number of carbonyl (C=O) groups excluding carboxylic acids is 1. The van der Waals surface area contributed by atoms with Gasteiger partial charge in [0.15, 0.2) is 5.75 Å². The molecule has 8 nitrogen and oxygen atoms in total. The summed E-state index contributed by atoms with van der Waals surface area (Å²) in [4.78, 5) is 14.7. The quantitative estimate of drug-likeness (QED) is 0.652. The normalized spacial score (nSPS) is 11.7. The van der Waals surface area contributed by atoms with Crippen LogP contribution in [0.2, 0.25) is 0 Å². The summed E-state index contributed by atoms with van der Waals surface area (Å²) in [6.07, 6.45) is 1.27. The Balaban J connectivity index is 2.65. The minimum atomic E-state index is -3.68. The van der Waals surface area contributed by atoms with E-state index >= 15 is 0 Å². The molecule has 0 aliphatic heterocycles. The number of nitrogens with one attached hydrogen (secondary N) is 1. The number of aromatic amines is 1. The highest BCUT2D eigenvalue weighted by atomic mass is 32.2. The minimum absolute atomic E-state index is 0.0271. The molecule has 0 saturated heterocycles. The maximum Gasteiger partial charge on any atom is 0.322 e. The van der Waals surface area contributed by atoms with Crippen LogP contribution in [0.15, 0.2) is 6.33 Å². The van der Waals surface area contributed by atoms with Gasteiger partial charge >= 0.3 is 5.97 Å². The zero-order valence-electron chi connectivity index (χ0n) is 8.87. The molecular weight excluding hydrogens is 236 g/mol. The van der Waals surface area contributed by atoms with Gasteiger partial charge < -0.3 is 4.74 Å². The van der Waals surface area contributed by atoms with Crippen molar-refractivity contribution in [2.45, 2.75) is 6.54 Å². The van der Waals surface area contributed by atoms with Crippen molar-refractivity contribution in [1.29, 1.82) is 0 Å². The van der Waals surface area contributed by atoms with Crippen molar-refractivity contribution in [3.05, 3.63) is 12.2 Å². The van der Waals surface area contributed by atoms with Gasteiger partial charge in [-0.1, -0.05) is 0 Å². The molecule has 1 N–H and O–H groups in total. The van der Waals surface area contributed by atoms with Gasteiger partial charge in [0.1, 0.15) is 12.2 Å². The fourth-order valence-electron chi connectivity index (χ4n) is 0.934. The summed E-state index contributed by atoms with van der Waals surface area (Å²) in [5, 5.41) is 6.11. The molecule has 0 amide bonds. The number of sulfonamides is 1. The summed E-state index contributed by atoms with van der Waals surface area (Å²) in [5.74, 6) is -1.09. The van der Waals surface area contributed by atoms with Crippen molar-refractivity contribution < 1.29 is 17.9 Å². The molecule has 0 atom stereocenters. The minimum Gasteiger partial charge on any atom is -0.468 e. The Morgan fingerprint density at radius 2 is 2.31 bits per heavy atom. The zero-order valence-corrected chi connectivity index (χ0v) is 9.69. The smallest absolute Gasteiger partial charge is 0.322 e. The zero-order chi connectivity index (χ0) is 12.2. The number of carbonyl (C=O) groups is 1. The van der Waals surface area contributed by atoms with Crippen molar-refractivity contribution in [3.63, 3.8) is 0 Å². The number of nitrogens with zero attached hydrogens (tertiary/aromatic N) is 3. The number of methoxy groups -OCH3 is 1. The SMILES string of the molecule is COC(=O)CS(=O)(=O)N(C)Cc1ncn[nH]1. The largest absolute Gasteiger partial charge is 0.468 e. The molecule has 0 bridgehead atoms. The molecule has 1 heterocycles. The first-order chi connectivity index (χ1) is 7.45. The highest BCUT2D eigenvalue weighted by Crippen LogP contribution is 2.03. The van der Waals surface area contributed by atoms with Crippen molar-refractivity contribution >= 4 is 16.0 Å². The van der Waals surface area contributed by atoms with Gasteiger partial charge in [-0.25, -0.2) is 13.4 Å². The average molecular weight is 248 g/mol. The lowest BCUT2D eigenvalue weighted by atomic mass is 10.6. The summed E-state index contributed by atoms with van der Waals surface area (Å²) in [5.41, 5.74) is 0. The molecular formula is C7H12N4O4S. The topological polar surface area (TPSA) is 105 Å². The van der Waals surface area contributed by atoms with Crippen molar-refractivity contribution in [3.8, 4) is 0 Å². The standard InChI is InChI=1S/C7H12N4O4S/c1-11(3-6-8-5-9-10-6)16(13,14)4-7(12)15-2/h5H,3-4H2,1-2H3,(H,8,9,10). The second kappa shape index (κ2) is 5.03. The molecule has 0 aromatic carbocycles. The highest BCUT2D eigenvalue weighted by Gasteiger charge is 2.23. The molecule has 0 fully saturated rings. The molecule has 0 unspecified atom stereocenters. The van der Waals surface area contributed by atoms with E-state index in [1.165, 1.54) is 13.4 Å². The third kappa shape index (κ3) is 3.28. The van der Waals surface area contributed by atoms with E-state index in [2.05, 4.69) is 19.9 Å². The first kappa shape index (κ1) is 12.6. The van der Waals surface area contributed by atoms with Crippen LogP contribution in [0.1, 0.15) is 5.82 Å². The van der Waals surface area contributed by atoms with Crippen LogP contribution in [0.5, 0.6) is 0 Å². The third-order valence-corrected chi connectivity index (χ3v) is 3.52. The molecule has 9 heteroatoms. The molecule has 0 spiro atoms. The van der Waals surface area contributed by atoms with Gasteiger partial charge in [0, 0.05) is 7.05 Å². The van der Waals surface area contributed by atoms with E-state index in [9.17, 15) is 13.2 Å². The van der Waals surface area contributed by atoms with Gasteiger partial charge in [0.2, 0.25) is 10.0 Å². The lowest BCUT2D eigenvalue weighted by Crippen LogP contribution is -2.32. The van der Waals surface area contributed by atoms with E-state index in [0.29, 0.717) is 5.82 Å². The average Bonchev–Trinajstić information content (AvgIpc) is 2.69. The summed E-state index contributed by atoms with van der Waals surface area (Å²) >= 11 is 0. The van der Waals surface area contributed by atoms with Crippen LogP contribution in [-0.4, -0.2) is 53.8 Å². The molecule has 16 heavy (non-hydrogen) atoms. The van der Waals surface area contributed by atoms with Gasteiger partial charge in [-0.05, 0) is 0 Å². The Labute approximate surface area is 92.7 Å². The van der Waals surface area contributed by atoms with Crippen LogP contribution in [0.4, 0.5) is 0 Å². The van der Waals surface area contributed by atoms with Crippen LogP contribution in [-0.2, 0) is 26.1 Å². The Morgan fingerprint density at radius 1 is 1.62 bits per heavy atom. The van der Waals surface area contributed by atoms with Crippen molar-refractivity contribution in [2.75, 3.05) is 19.9 Å². The van der Waals surface area contributed by atoms with E-state index in [1.807, 2.05) is 0 Å². The second-order valence-electron chi connectivity index (χ2n) is 3.02. The summed E-state index contributed by atoms with van der Waals surface area (Å²) < 4.78 is 28.5. The number of rotatable bonds is 5. The predicted molar refractivity (Wildman–Crippen MR) is 53.7 cm³/mol. The molecule has 1 rings (SSSR count). The predicted octanol–water partition coefficient (Wildman–Crippen LogP) is -1.26. The lowest BCUT2D eigenvalue weighted by Gasteiger charge is -2.14. The number of hydrogen-bond donors (Lipinski definition) is 1. The number of aromatic nitrogens is 3. The van der Waals surface area contributed by atoms with Crippen LogP contribution in [0, 0.1) is 0 Å². The van der Waals surface area contributed by atoms with Gasteiger partial charge in [0.05, 0.1) is 13.7 Å². The first-order valence-electron chi connectivity index (χ1n) is 4.31. The van der Waals surface area contributed by atoms with E-state index in [4.69, 9.17) is 0 Å². The summed E-state index contributed by atoms with van der Waals surface area (Å²) in [7, 11) is -1.20. The van der Waals surface area contributed by atoms with Crippen LogP contribution >= 0.6 is 0 Å². The highest BCUT2D eigenvalue weighted by molar-refractivity contribution is 7.89. The third-order valence-electron chi connectivity index (χ3n) is 1.84. The Kier molecular flexibility index (Phi) is 3.96. The number of hydrogen-bond acceptors (Lipinski definition) is 6. The molecule has 1 aromatic heterocycles. The molecule has 0 saturated carbocycles. The van der Waals surface area contributed by atoms with Gasteiger partial charge in [0.25, 0.3) is 0 Å². The Bertz CT molecular complexity index is 441. The molecule has 0 radical (unpaired) electrons. The van der Waals surface area contributed by atoms with Crippen LogP contribution in [0.25, 0.3) is 0 Å². The lowest BCUT2D eigenvalue weighted by molar-refractivity contribution is -0.137. The van der Waals surface area contributed by atoms with Gasteiger partial charge in [-0.15, -0.1) is 0 Å². The second-order valence-corrected chi connectivity index (χ2v) is 5.10. The Morgan fingerprint density at radius 3 is 2.81 bits per heavy atom. The van der Waals surface area contributed by atoms with E-state index in [-0.39, 0.29) is 6.54 Å². The Hall–Kier alpha value is -1.48. The fraction of sp³-hybridized carbons (Fsp3) is 0.571. The molecule has 90 valence electrons. The van der Waals surface area contributed by atoms with E-state index in [1.54, 1.807) is 0 Å². The van der Waals surface area contributed by atoms with Gasteiger partial charge in [-0.3, -0.25) is 9.89 Å². The number of H-pyrrole nitrogens is 1. The summed E-state index contributed by atoms with van der Waals surface area (Å²) in [6, 6.07) is 0. The van der Waals surface area contributed by atoms with Crippen molar-refractivity contribution in [1.82, 2.24) is 19.5 Å². The van der Waals surface area contributed by atoms with Crippen molar-refractivity contribution in [2.24, 2.45) is 0 Å². The monoisotopic (exact) mass is 248 g/mol.